The third kappa shape index (κ3) is 1.60. The number of hydrogen-bond acceptors (Lipinski definition) is 3. The fraction of sp³-hybridized carbons (Fsp3) is 0.538. The van der Waals surface area contributed by atoms with E-state index in [1.165, 1.54) is 25.7 Å². The third-order valence-electron chi connectivity index (χ3n) is 3.86. The summed E-state index contributed by atoms with van der Waals surface area (Å²) >= 11 is 0. The van der Waals surface area contributed by atoms with Crippen LogP contribution in [0.15, 0.2) is 18.2 Å². The molecular weight excluding hydrogens is 200 g/mol. The average Bonchev–Trinajstić information content (AvgIpc) is 2.66. The molecule has 0 radical (unpaired) electrons. The lowest BCUT2D eigenvalue weighted by atomic mass is 9.87. The summed E-state index contributed by atoms with van der Waals surface area (Å²) in [4.78, 5) is 0. The van der Waals surface area contributed by atoms with Gasteiger partial charge in [-0.15, -0.1) is 0 Å². The summed E-state index contributed by atoms with van der Waals surface area (Å²) in [6.45, 7) is 1.86. The Morgan fingerprint density at radius 1 is 1.25 bits per heavy atom. The van der Waals surface area contributed by atoms with Crippen molar-refractivity contribution in [2.75, 3.05) is 24.2 Å². The van der Waals surface area contributed by atoms with Gasteiger partial charge in [0.15, 0.2) is 0 Å². The van der Waals surface area contributed by atoms with E-state index in [1.807, 2.05) is 18.2 Å². The van der Waals surface area contributed by atoms with Crippen LogP contribution < -0.4 is 15.8 Å². The quantitative estimate of drug-likeness (QED) is 0.658. The Morgan fingerprint density at radius 3 is 2.88 bits per heavy atom. The van der Waals surface area contributed by atoms with Gasteiger partial charge in [-0.1, -0.05) is 12.8 Å². The van der Waals surface area contributed by atoms with Gasteiger partial charge in [0.2, 0.25) is 0 Å². The van der Waals surface area contributed by atoms with E-state index in [0.29, 0.717) is 5.41 Å². The monoisotopic (exact) mass is 218 g/mol. The van der Waals surface area contributed by atoms with Crippen molar-refractivity contribution in [3.63, 3.8) is 0 Å². The van der Waals surface area contributed by atoms with Crippen molar-refractivity contribution in [3.05, 3.63) is 18.2 Å². The molecule has 0 bridgehead atoms. The highest BCUT2D eigenvalue weighted by molar-refractivity contribution is 5.64. The number of nitrogen functional groups attached to an aromatic ring is 1. The Morgan fingerprint density at radius 2 is 2.06 bits per heavy atom. The van der Waals surface area contributed by atoms with Gasteiger partial charge in [-0.05, 0) is 31.0 Å². The van der Waals surface area contributed by atoms with Gasteiger partial charge < -0.3 is 15.8 Å². The van der Waals surface area contributed by atoms with Crippen molar-refractivity contribution >= 4 is 11.4 Å². The summed E-state index contributed by atoms with van der Waals surface area (Å²) in [5.74, 6) is 0.943. The van der Waals surface area contributed by atoms with E-state index >= 15 is 0 Å². The van der Waals surface area contributed by atoms with Crippen molar-refractivity contribution in [3.8, 4) is 5.75 Å². The molecule has 3 N–H and O–H groups in total. The van der Waals surface area contributed by atoms with E-state index < -0.39 is 0 Å². The number of ether oxygens (including phenoxy) is 1. The molecule has 1 spiro atoms. The molecule has 0 atom stereocenters. The summed E-state index contributed by atoms with van der Waals surface area (Å²) in [6, 6.07) is 5.82. The normalized spacial score (nSPS) is 22.0. The van der Waals surface area contributed by atoms with Crippen LogP contribution in [-0.4, -0.2) is 13.2 Å². The van der Waals surface area contributed by atoms with Crippen LogP contribution in [0, 0.1) is 5.41 Å². The molecule has 0 unspecified atom stereocenters. The molecule has 1 aliphatic carbocycles. The van der Waals surface area contributed by atoms with Gasteiger partial charge in [-0.2, -0.15) is 0 Å². The minimum Gasteiger partial charge on any atom is -0.491 e. The van der Waals surface area contributed by atoms with Gasteiger partial charge >= 0.3 is 0 Å². The molecule has 1 heterocycles. The zero-order valence-corrected chi connectivity index (χ0v) is 9.46. The first-order valence-electron chi connectivity index (χ1n) is 6.04. The van der Waals surface area contributed by atoms with E-state index in [-0.39, 0.29) is 0 Å². The Balaban J connectivity index is 1.86. The highest BCUT2D eigenvalue weighted by Gasteiger charge is 2.36. The first-order valence-corrected chi connectivity index (χ1v) is 6.04. The highest BCUT2D eigenvalue weighted by Crippen LogP contribution is 2.42. The van der Waals surface area contributed by atoms with E-state index in [0.717, 1.165) is 30.3 Å². The Hall–Kier alpha value is -1.38. The smallest absolute Gasteiger partial charge is 0.142 e. The van der Waals surface area contributed by atoms with E-state index in [2.05, 4.69) is 5.32 Å². The van der Waals surface area contributed by atoms with Crippen LogP contribution in [0.25, 0.3) is 0 Å². The zero-order valence-electron chi connectivity index (χ0n) is 9.46. The molecule has 1 aromatic carbocycles. The number of nitrogens with two attached hydrogens (primary N) is 1. The summed E-state index contributed by atoms with van der Waals surface area (Å²) in [7, 11) is 0. The van der Waals surface area contributed by atoms with Gasteiger partial charge in [0.25, 0.3) is 0 Å². The maximum Gasteiger partial charge on any atom is 0.142 e. The second kappa shape index (κ2) is 3.58. The fourth-order valence-corrected chi connectivity index (χ4v) is 2.82. The maximum atomic E-state index is 5.92. The summed E-state index contributed by atoms with van der Waals surface area (Å²) in [6.07, 6.45) is 5.24. The van der Waals surface area contributed by atoms with Crippen molar-refractivity contribution < 1.29 is 4.74 Å². The molecule has 3 rings (SSSR count). The first-order chi connectivity index (χ1) is 7.77. The first kappa shape index (κ1) is 9.82. The summed E-state index contributed by atoms with van der Waals surface area (Å²) in [5, 5.41) is 3.49. The Kier molecular flexibility index (Phi) is 2.20. The third-order valence-corrected chi connectivity index (χ3v) is 3.86. The molecule has 3 heteroatoms. The maximum absolute atomic E-state index is 5.92. The topological polar surface area (TPSA) is 47.3 Å². The van der Waals surface area contributed by atoms with Crippen LogP contribution in [0.5, 0.6) is 5.75 Å². The van der Waals surface area contributed by atoms with E-state index in [1.54, 1.807) is 0 Å². The van der Waals surface area contributed by atoms with Gasteiger partial charge in [0, 0.05) is 17.6 Å². The van der Waals surface area contributed by atoms with Gasteiger partial charge in [0.1, 0.15) is 5.75 Å². The number of anilines is 2. The Bertz CT molecular complexity index is 397. The Labute approximate surface area is 96.0 Å². The minimum absolute atomic E-state index is 0.355. The number of fused-ring (bicyclic) bond motifs is 1. The predicted molar refractivity (Wildman–Crippen MR) is 65.7 cm³/mol. The fourth-order valence-electron chi connectivity index (χ4n) is 2.82. The second-order valence-electron chi connectivity index (χ2n) is 5.10. The largest absolute Gasteiger partial charge is 0.491 e. The molecule has 1 aromatic rings. The van der Waals surface area contributed by atoms with Crippen LogP contribution in [0.3, 0.4) is 0 Å². The lowest BCUT2D eigenvalue weighted by Gasteiger charge is -2.25. The van der Waals surface area contributed by atoms with E-state index in [4.69, 9.17) is 10.5 Å². The average molecular weight is 218 g/mol. The van der Waals surface area contributed by atoms with Crippen LogP contribution in [-0.2, 0) is 0 Å². The van der Waals surface area contributed by atoms with Crippen LogP contribution in [0.2, 0.25) is 0 Å². The number of hydrogen-bond donors (Lipinski definition) is 2. The van der Waals surface area contributed by atoms with Crippen molar-refractivity contribution in [2.24, 2.45) is 5.41 Å². The molecule has 0 amide bonds. The van der Waals surface area contributed by atoms with Crippen LogP contribution in [0.1, 0.15) is 25.7 Å². The van der Waals surface area contributed by atoms with Crippen LogP contribution in [0.4, 0.5) is 11.4 Å². The highest BCUT2D eigenvalue weighted by atomic mass is 16.5. The minimum atomic E-state index is 0.355. The number of rotatable bonds is 0. The number of nitrogens with one attached hydrogen (secondary N) is 1. The molecule has 1 saturated carbocycles. The van der Waals surface area contributed by atoms with Crippen molar-refractivity contribution in [1.29, 1.82) is 0 Å². The van der Waals surface area contributed by atoms with E-state index in [9.17, 15) is 0 Å². The van der Waals surface area contributed by atoms with Gasteiger partial charge in [-0.3, -0.25) is 0 Å². The lowest BCUT2D eigenvalue weighted by molar-refractivity contribution is 0.169. The van der Waals surface area contributed by atoms with Gasteiger partial charge in [0.05, 0.1) is 12.3 Å². The zero-order chi connectivity index (χ0) is 11.0. The summed E-state index contributed by atoms with van der Waals surface area (Å²) < 4.78 is 5.92. The van der Waals surface area contributed by atoms with Crippen LogP contribution >= 0.6 is 0 Å². The molecule has 16 heavy (non-hydrogen) atoms. The van der Waals surface area contributed by atoms with Gasteiger partial charge in [-0.25, -0.2) is 0 Å². The van der Waals surface area contributed by atoms with Crippen molar-refractivity contribution in [2.45, 2.75) is 25.7 Å². The SMILES string of the molecule is Nc1ccc2c(c1)NCC1(CCCC1)CO2. The van der Waals surface area contributed by atoms with Crippen molar-refractivity contribution in [1.82, 2.24) is 0 Å². The standard InChI is InChI=1S/C13H18N2O/c14-10-3-4-12-11(7-10)15-8-13(9-16-12)5-1-2-6-13/h3-4,7,15H,1-2,5-6,8-9,14H2. The summed E-state index contributed by atoms with van der Waals surface area (Å²) in [5.41, 5.74) is 7.97. The lowest BCUT2D eigenvalue weighted by Crippen LogP contribution is -2.30. The molecule has 3 nitrogen and oxygen atoms in total. The molecule has 1 aliphatic heterocycles. The molecule has 0 saturated heterocycles. The molecule has 0 aromatic heterocycles. The molecular formula is C13H18N2O. The molecule has 2 aliphatic rings. The second-order valence-corrected chi connectivity index (χ2v) is 5.10. The molecule has 1 fully saturated rings. The number of benzene rings is 1. The molecule has 86 valence electrons. The predicted octanol–water partition coefficient (Wildman–Crippen LogP) is 2.63.